The summed E-state index contributed by atoms with van der Waals surface area (Å²) in [4.78, 5) is 11.2. The molecular formula is C14H24O2. The van der Waals surface area contributed by atoms with Gasteiger partial charge in [0.1, 0.15) is 5.78 Å². The highest BCUT2D eigenvalue weighted by Crippen LogP contribution is 2.42. The van der Waals surface area contributed by atoms with Gasteiger partial charge in [0, 0.05) is 12.8 Å². The molecule has 92 valence electrons. The minimum atomic E-state index is -0.507. The van der Waals surface area contributed by atoms with Gasteiger partial charge in [0.05, 0.1) is 5.60 Å². The molecular weight excluding hydrogens is 200 g/mol. The van der Waals surface area contributed by atoms with E-state index in [1.54, 1.807) is 0 Å². The monoisotopic (exact) mass is 224 g/mol. The van der Waals surface area contributed by atoms with Gasteiger partial charge in [-0.1, -0.05) is 26.2 Å². The van der Waals surface area contributed by atoms with Crippen molar-refractivity contribution in [3.05, 3.63) is 0 Å². The second-order valence-corrected chi connectivity index (χ2v) is 5.77. The van der Waals surface area contributed by atoms with Crippen LogP contribution in [0.3, 0.4) is 0 Å². The van der Waals surface area contributed by atoms with Gasteiger partial charge in [-0.05, 0) is 37.5 Å². The number of Topliss-reactive ketones (excluding diaryl/α,β-unsaturated/α-hetero) is 1. The number of carbonyl (C=O) groups is 1. The third kappa shape index (κ3) is 2.48. The summed E-state index contributed by atoms with van der Waals surface area (Å²) in [6, 6.07) is 0. The quantitative estimate of drug-likeness (QED) is 0.782. The van der Waals surface area contributed by atoms with Gasteiger partial charge in [-0.2, -0.15) is 0 Å². The molecule has 0 aliphatic heterocycles. The zero-order valence-corrected chi connectivity index (χ0v) is 10.4. The van der Waals surface area contributed by atoms with Crippen molar-refractivity contribution in [3.8, 4) is 0 Å². The Morgan fingerprint density at radius 1 is 1.19 bits per heavy atom. The van der Waals surface area contributed by atoms with Crippen LogP contribution in [0.25, 0.3) is 0 Å². The third-order valence-electron chi connectivity index (χ3n) is 4.86. The summed E-state index contributed by atoms with van der Waals surface area (Å²) in [6.45, 7) is 2.26. The van der Waals surface area contributed by atoms with Gasteiger partial charge >= 0.3 is 0 Å². The van der Waals surface area contributed by atoms with E-state index in [4.69, 9.17) is 0 Å². The average molecular weight is 224 g/mol. The summed E-state index contributed by atoms with van der Waals surface area (Å²) in [5.41, 5.74) is -0.507. The molecule has 2 saturated carbocycles. The van der Waals surface area contributed by atoms with E-state index in [0.717, 1.165) is 5.92 Å². The highest BCUT2D eigenvalue weighted by Gasteiger charge is 2.40. The van der Waals surface area contributed by atoms with Crippen molar-refractivity contribution in [2.75, 3.05) is 0 Å². The van der Waals surface area contributed by atoms with Crippen LogP contribution in [-0.2, 0) is 4.79 Å². The van der Waals surface area contributed by atoms with Gasteiger partial charge < -0.3 is 5.11 Å². The molecule has 0 aromatic rings. The minimum Gasteiger partial charge on any atom is -0.390 e. The molecule has 0 unspecified atom stereocenters. The summed E-state index contributed by atoms with van der Waals surface area (Å²) in [7, 11) is 0. The van der Waals surface area contributed by atoms with E-state index in [1.807, 2.05) is 0 Å². The second kappa shape index (κ2) is 4.87. The van der Waals surface area contributed by atoms with Gasteiger partial charge in [0.15, 0.2) is 0 Å². The van der Waals surface area contributed by atoms with Crippen LogP contribution in [0.1, 0.15) is 64.7 Å². The molecule has 0 saturated heterocycles. The van der Waals surface area contributed by atoms with Crippen molar-refractivity contribution in [3.63, 3.8) is 0 Å². The van der Waals surface area contributed by atoms with Crippen LogP contribution in [0.5, 0.6) is 0 Å². The molecule has 2 heteroatoms. The maximum absolute atomic E-state index is 11.2. The Morgan fingerprint density at radius 3 is 2.25 bits per heavy atom. The van der Waals surface area contributed by atoms with E-state index in [1.165, 1.54) is 32.1 Å². The molecule has 0 aromatic carbocycles. The lowest BCUT2D eigenvalue weighted by atomic mass is 9.67. The number of rotatable bonds is 2. The smallest absolute Gasteiger partial charge is 0.133 e. The lowest BCUT2D eigenvalue weighted by Gasteiger charge is -2.42. The molecule has 0 bridgehead atoms. The summed E-state index contributed by atoms with van der Waals surface area (Å²) >= 11 is 0. The highest BCUT2D eigenvalue weighted by molar-refractivity contribution is 5.79. The Morgan fingerprint density at radius 2 is 1.75 bits per heavy atom. The first kappa shape index (κ1) is 12.1. The normalized spacial score (nSPS) is 35.0. The molecule has 0 spiro atoms. The summed E-state index contributed by atoms with van der Waals surface area (Å²) in [5.74, 6) is 1.68. The van der Waals surface area contributed by atoms with Crippen molar-refractivity contribution >= 4 is 5.78 Å². The van der Waals surface area contributed by atoms with E-state index in [9.17, 15) is 9.90 Å². The summed E-state index contributed by atoms with van der Waals surface area (Å²) in [6.07, 6.45) is 8.81. The van der Waals surface area contributed by atoms with E-state index in [0.29, 0.717) is 37.4 Å². The van der Waals surface area contributed by atoms with Crippen LogP contribution < -0.4 is 0 Å². The minimum absolute atomic E-state index is 0.340. The number of ketones is 1. The fourth-order valence-electron chi connectivity index (χ4n) is 3.48. The molecule has 1 N–H and O–H groups in total. The number of hydrogen-bond acceptors (Lipinski definition) is 2. The van der Waals surface area contributed by atoms with Crippen LogP contribution in [0.4, 0.5) is 0 Å². The third-order valence-corrected chi connectivity index (χ3v) is 4.86. The molecule has 2 rings (SSSR count). The zero-order chi connectivity index (χ0) is 11.6. The van der Waals surface area contributed by atoms with Gasteiger partial charge in [-0.15, -0.1) is 0 Å². The SMILES string of the molecule is CCC1CCC(C2(O)CCC(=O)CC2)CC1. The van der Waals surface area contributed by atoms with Crippen LogP contribution in [0.2, 0.25) is 0 Å². The van der Waals surface area contributed by atoms with Gasteiger partial charge in [-0.25, -0.2) is 0 Å². The molecule has 2 aliphatic rings. The van der Waals surface area contributed by atoms with Crippen molar-refractivity contribution < 1.29 is 9.90 Å². The maximum Gasteiger partial charge on any atom is 0.133 e. The highest BCUT2D eigenvalue weighted by atomic mass is 16.3. The Bertz CT molecular complexity index is 241. The van der Waals surface area contributed by atoms with Gasteiger partial charge in [0.25, 0.3) is 0 Å². The van der Waals surface area contributed by atoms with Gasteiger partial charge in [0.2, 0.25) is 0 Å². The van der Waals surface area contributed by atoms with E-state index < -0.39 is 5.60 Å². The largest absolute Gasteiger partial charge is 0.390 e. The Hall–Kier alpha value is -0.370. The standard InChI is InChI=1S/C14H24O2/c1-2-11-3-5-12(6-4-11)14(16)9-7-13(15)8-10-14/h11-12,16H,2-10H2,1H3. The topological polar surface area (TPSA) is 37.3 Å². The van der Waals surface area contributed by atoms with E-state index in [2.05, 4.69) is 6.92 Å². The summed E-state index contributed by atoms with van der Waals surface area (Å²) in [5, 5.41) is 10.6. The van der Waals surface area contributed by atoms with Crippen molar-refractivity contribution in [2.24, 2.45) is 11.8 Å². The maximum atomic E-state index is 11.2. The van der Waals surface area contributed by atoms with Crippen molar-refractivity contribution in [1.29, 1.82) is 0 Å². The molecule has 0 atom stereocenters. The molecule has 2 nitrogen and oxygen atoms in total. The Labute approximate surface area is 98.4 Å². The van der Waals surface area contributed by atoms with Gasteiger partial charge in [-0.3, -0.25) is 4.79 Å². The first-order valence-corrected chi connectivity index (χ1v) is 6.88. The first-order valence-electron chi connectivity index (χ1n) is 6.88. The molecule has 0 heterocycles. The number of hydrogen-bond donors (Lipinski definition) is 1. The molecule has 0 radical (unpaired) electrons. The van der Waals surface area contributed by atoms with Crippen LogP contribution in [0, 0.1) is 11.8 Å². The van der Waals surface area contributed by atoms with Crippen molar-refractivity contribution in [1.82, 2.24) is 0 Å². The molecule has 0 amide bonds. The molecule has 2 fully saturated rings. The van der Waals surface area contributed by atoms with Crippen LogP contribution in [-0.4, -0.2) is 16.5 Å². The fourth-order valence-corrected chi connectivity index (χ4v) is 3.48. The predicted molar refractivity (Wildman–Crippen MR) is 64.2 cm³/mol. The second-order valence-electron chi connectivity index (χ2n) is 5.77. The summed E-state index contributed by atoms with van der Waals surface area (Å²) < 4.78 is 0. The lowest BCUT2D eigenvalue weighted by Crippen LogP contribution is -2.43. The molecule has 2 aliphatic carbocycles. The van der Waals surface area contributed by atoms with Crippen LogP contribution >= 0.6 is 0 Å². The average Bonchev–Trinajstić information content (AvgIpc) is 2.33. The molecule has 16 heavy (non-hydrogen) atoms. The number of aliphatic hydroxyl groups is 1. The predicted octanol–water partition coefficient (Wildman–Crippen LogP) is 3.08. The Kier molecular flexibility index (Phi) is 3.68. The zero-order valence-electron chi connectivity index (χ0n) is 10.4. The van der Waals surface area contributed by atoms with E-state index in [-0.39, 0.29) is 0 Å². The fraction of sp³-hybridized carbons (Fsp3) is 0.929. The molecule has 0 aromatic heterocycles. The lowest BCUT2D eigenvalue weighted by molar-refractivity contribution is -0.129. The van der Waals surface area contributed by atoms with E-state index >= 15 is 0 Å². The van der Waals surface area contributed by atoms with Crippen molar-refractivity contribution in [2.45, 2.75) is 70.3 Å². The number of carbonyl (C=O) groups excluding carboxylic acids is 1. The first-order chi connectivity index (χ1) is 7.64. The Balaban J connectivity index is 1.90. The van der Waals surface area contributed by atoms with Crippen LogP contribution in [0.15, 0.2) is 0 Å².